The molecule has 1 heterocycles. The highest BCUT2D eigenvalue weighted by Gasteiger charge is 2.17. The van der Waals surface area contributed by atoms with Crippen LogP contribution in [0.5, 0.6) is 0 Å². The fourth-order valence-electron chi connectivity index (χ4n) is 2.79. The molecule has 0 atom stereocenters. The summed E-state index contributed by atoms with van der Waals surface area (Å²) in [5.74, 6) is 0.208. The highest BCUT2D eigenvalue weighted by Crippen LogP contribution is 2.22. The van der Waals surface area contributed by atoms with Gasteiger partial charge in [-0.15, -0.1) is 0 Å². The minimum Gasteiger partial charge on any atom is -0.384 e. The Kier molecular flexibility index (Phi) is 6.06. The topological polar surface area (TPSA) is 49.4 Å². The van der Waals surface area contributed by atoms with E-state index in [4.69, 9.17) is 0 Å². The maximum Gasteiger partial charge on any atom is 0.180 e. The second-order valence-electron chi connectivity index (χ2n) is 5.64. The van der Waals surface area contributed by atoms with Crippen LogP contribution < -0.4 is 5.32 Å². The van der Waals surface area contributed by atoms with Gasteiger partial charge in [-0.05, 0) is 57.5 Å². The molecule has 0 amide bonds. The van der Waals surface area contributed by atoms with Crippen molar-refractivity contribution in [1.29, 1.82) is 0 Å². The molecule has 5 heteroatoms. The van der Waals surface area contributed by atoms with Crippen LogP contribution in [0.2, 0.25) is 0 Å². The number of likely N-dealkylation sites (tertiary alicyclic amines) is 1. The molecule has 0 aromatic heterocycles. The number of para-hydroxylation sites is 1. The molecule has 0 aliphatic carbocycles. The summed E-state index contributed by atoms with van der Waals surface area (Å²) in [6.07, 6.45) is 4.31. The van der Waals surface area contributed by atoms with E-state index >= 15 is 0 Å². The van der Waals surface area contributed by atoms with Crippen molar-refractivity contribution >= 4 is 15.5 Å². The second-order valence-corrected chi connectivity index (χ2v) is 7.72. The molecule has 0 spiro atoms. The molecule has 0 radical (unpaired) electrons. The zero-order valence-corrected chi connectivity index (χ0v) is 13.7. The Morgan fingerprint density at radius 1 is 1.19 bits per heavy atom. The highest BCUT2D eigenvalue weighted by atomic mass is 32.2. The molecule has 1 aromatic rings. The van der Waals surface area contributed by atoms with Gasteiger partial charge in [0.1, 0.15) is 0 Å². The first kappa shape index (κ1) is 16.3. The smallest absolute Gasteiger partial charge is 0.180 e. The first-order chi connectivity index (χ1) is 10.1. The average molecular weight is 310 g/mol. The van der Waals surface area contributed by atoms with Gasteiger partial charge < -0.3 is 10.2 Å². The number of sulfone groups is 1. The Hall–Kier alpha value is -1.07. The number of anilines is 1. The zero-order valence-electron chi connectivity index (χ0n) is 12.8. The number of nitrogens with zero attached hydrogens (tertiary/aromatic N) is 1. The van der Waals surface area contributed by atoms with Gasteiger partial charge in [0.25, 0.3) is 0 Å². The van der Waals surface area contributed by atoms with E-state index in [1.807, 2.05) is 19.1 Å². The molecule has 1 aliphatic rings. The quantitative estimate of drug-likeness (QED) is 0.750. The van der Waals surface area contributed by atoms with Crippen LogP contribution >= 0.6 is 0 Å². The molecule has 2 rings (SSSR count). The van der Waals surface area contributed by atoms with E-state index in [1.54, 1.807) is 12.1 Å². The molecule has 1 aromatic carbocycles. The Bertz CT molecular complexity index is 537. The number of hydrogen-bond donors (Lipinski definition) is 1. The largest absolute Gasteiger partial charge is 0.384 e. The van der Waals surface area contributed by atoms with E-state index in [1.165, 1.54) is 25.9 Å². The fourth-order valence-corrected chi connectivity index (χ4v) is 4.31. The van der Waals surface area contributed by atoms with Crippen molar-refractivity contribution in [2.75, 3.05) is 37.2 Å². The van der Waals surface area contributed by atoms with Crippen molar-refractivity contribution in [1.82, 2.24) is 4.90 Å². The Balaban J connectivity index is 1.90. The van der Waals surface area contributed by atoms with Gasteiger partial charge in [-0.3, -0.25) is 0 Å². The van der Waals surface area contributed by atoms with E-state index in [0.717, 1.165) is 25.2 Å². The van der Waals surface area contributed by atoms with Crippen molar-refractivity contribution in [2.45, 2.75) is 37.5 Å². The monoisotopic (exact) mass is 310 g/mol. The van der Waals surface area contributed by atoms with E-state index in [9.17, 15) is 8.42 Å². The number of benzene rings is 1. The van der Waals surface area contributed by atoms with Crippen molar-refractivity contribution in [2.24, 2.45) is 0 Å². The Morgan fingerprint density at radius 2 is 1.90 bits per heavy atom. The van der Waals surface area contributed by atoms with Gasteiger partial charge in [0.15, 0.2) is 9.84 Å². The van der Waals surface area contributed by atoms with Crippen LogP contribution in [0.15, 0.2) is 29.2 Å². The lowest BCUT2D eigenvalue weighted by Crippen LogP contribution is -2.22. The third-order valence-corrected chi connectivity index (χ3v) is 5.83. The zero-order chi connectivity index (χ0) is 15.1. The van der Waals surface area contributed by atoms with Crippen LogP contribution in [0.25, 0.3) is 0 Å². The molecule has 0 bridgehead atoms. The van der Waals surface area contributed by atoms with E-state index in [0.29, 0.717) is 11.3 Å². The van der Waals surface area contributed by atoms with Gasteiger partial charge >= 0.3 is 0 Å². The van der Waals surface area contributed by atoms with Gasteiger partial charge in [-0.2, -0.15) is 0 Å². The molecule has 1 N–H and O–H groups in total. The van der Waals surface area contributed by atoms with Gasteiger partial charge in [-0.25, -0.2) is 8.42 Å². The first-order valence-corrected chi connectivity index (χ1v) is 9.57. The molecule has 118 valence electrons. The predicted octanol–water partition coefficient (Wildman–Crippen LogP) is 2.77. The summed E-state index contributed by atoms with van der Waals surface area (Å²) < 4.78 is 24.5. The minimum absolute atomic E-state index is 0.208. The summed E-state index contributed by atoms with van der Waals surface area (Å²) >= 11 is 0. The average Bonchev–Trinajstić information content (AvgIpc) is 2.97. The van der Waals surface area contributed by atoms with Crippen molar-refractivity contribution in [3.05, 3.63) is 24.3 Å². The summed E-state index contributed by atoms with van der Waals surface area (Å²) in [7, 11) is -3.17. The van der Waals surface area contributed by atoms with Crippen LogP contribution in [0, 0.1) is 0 Å². The van der Waals surface area contributed by atoms with Gasteiger partial charge in [0.05, 0.1) is 16.3 Å². The maximum atomic E-state index is 12.2. The lowest BCUT2D eigenvalue weighted by atomic mass is 10.3. The molecule has 0 unspecified atom stereocenters. The number of hydrogen-bond acceptors (Lipinski definition) is 4. The third kappa shape index (κ3) is 4.71. The van der Waals surface area contributed by atoms with Gasteiger partial charge in [0.2, 0.25) is 0 Å². The summed E-state index contributed by atoms with van der Waals surface area (Å²) in [5.41, 5.74) is 0.743. The van der Waals surface area contributed by atoms with Gasteiger partial charge in [0, 0.05) is 6.54 Å². The van der Waals surface area contributed by atoms with Crippen LogP contribution in [0.4, 0.5) is 5.69 Å². The lowest BCUT2D eigenvalue weighted by Gasteiger charge is -2.16. The first-order valence-electron chi connectivity index (χ1n) is 7.91. The Labute approximate surface area is 128 Å². The standard InChI is InChI=1S/C16H26N2O2S/c1-2-14-21(19,20)16-9-4-3-8-15(16)17-10-7-13-18-11-5-6-12-18/h3-4,8-9,17H,2,5-7,10-14H2,1H3. The van der Waals surface area contributed by atoms with Gasteiger partial charge in [-0.1, -0.05) is 19.1 Å². The Morgan fingerprint density at radius 3 is 2.62 bits per heavy atom. The minimum atomic E-state index is -3.17. The third-order valence-electron chi connectivity index (χ3n) is 3.86. The summed E-state index contributed by atoms with van der Waals surface area (Å²) in [4.78, 5) is 2.91. The second kappa shape index (κ2) is 7.80. The summed E-state index contributed by atoms with van der Waals surface area (Å²) in [6.45, 7) is 6.22. The molecule has 1 saturated heterocycles. The van der Waals surface area contributed by atoms with E-state index in [-0.39, 0.29) is 5.75 Å². The van der Waals surface area contributed by atoms with Crippen molar-refractivity contribution in [3.8, 4) is 0 Å². The van der Waals surface area contributed by atoms with Crippen LogP contribution in [-0.4, -0.2) is 45.2 Å². The molecule has 21 heavy (non-hydrogen) atoms. The van der Waals surface area contributed by atoms with E-state index in [2.05, 4.69) is 10.2 Å². The molecule has 1 aliphatic heterocycles. The summed E-state index contributed by atoms with van der Waals surface area (Å²) in [5, 5.41) is 3.30. The van der Waals surface area contributed by atoms with E-state index < -0.39 is 9.84 Å². The van der Waals surface area contributed by atoms with Crippen molar-refractivity contribution < 1.29 is 8.42 Å². The number of nitrogens with one attached hydrogen (secondary N) is 1. The highest BCUT2D eigenvalue weighted by molar-refractivity contribution is 7.91. The molecule has 1 fully saturated rings. The maximum absolute atomic E-state index is 12.2. The number of rotatable bonds is 8. The fraction of sp³-hybridized carbons (Fsp3) is 0.625. The van der Waals surface area contributed by atoms with Crippen LogP contribution in [0.1, 0.15) is 32.6 Å². The van der Waals surface area contributed by atoms with Crippen LogP contribution in [-0.2, 0) is 9.84 Å². The van der Waals surface area contributed by atoms with Crippen molar-refractivity contribution in [3.63, 3.8) is 0 Å². The lowest BCUT2D eigenvalue weighted by molar-refractivity contribution is 0.337. The predicted molar refractivity (Wildman–Crippen MR) is 87.6 cm³/mol. The molecule has 4 nitrogen and oxygen atoms in total. The summed E-state index contributed by atoms with van der Waals surface area (Å²) in [6, 6.07) is 7.23. The molecular formula is C16H26N2O2S. The van der Waals surface area contributed by atoms with Crippen LogP contribution in [0.3, 0.4) is 0 Å². The molecular weight excluding hydrogens is 284 g/mol. The molecule has 0 saturated carbocycles. The normalized spacial score (nSPS) is 16.2. The SMILES string of the molecule is CCCS(=O)(=O)c1ccccc1NCCCN1CCCC1.